The number of fused-ring (bicyclic) bond motifs is 8. The van der Waals surface area contributed by atoms with Gasteiger partial charge in [0.25, 0.3) is 0 Å². The third-order valence-corrected chi connectivity index (χ3v) is 6.37. The Morgan fingerprint density at radius 1 is 0.711 bits per heavy atom. The van der Waals surface area contributed by atoms with Gasteiger partial charge >= 0.3 is 5.97 Å². The van der Waals surface area contributed by atoms with Gasteiger partial charge in [0.2, 0.25) is 0 Å². The molecule has 1 aromatic carbocycles. The quantitative estimate of drug-likeness (QED) is 0.197. The van der Waals surface area contributed by atoms with Crippen LogP contribution in [0.1, 0.15) is 34.4 Å². The van der Waals surface area contributed by atoms with E-state index in [0.717, 1.165) is 50.4 Å². The highest BCUT2D eigenvalue weighted by atomic mass is 16.7. The molecule has 9 heteroatoms. The van der Waals surface area contributed by atoms with Crippen LogP contribution in [0.15, 0.2) is 60.7 Å². The summed E-state index contributed by atoms with van der Waals surface area (Å²) in [7, 11) is 1.39. The minimum Gasteiger partial charge on any atom is -0.496 e. The minimum atomic E-state index is -3.34. The van der Waals surface area contributed by atoms with Crippen molar-refractivity contribution in [2.45, 2.75) is 12.1 Å². The minimum absolute atomic E-state index is 0.0165. The number of hydrogen-bond donors (Lipinski definition) is 6. The smallest absolute Gasteiger partial charge is 0.307 e. The third kappa shape index (κ3) is 4.62. The predicted molar refractivity (Wildman–Crippen MR) is 145 cm³/mol. The van der Waals surface area contributed by atoms with E-state index in [1.807, 2.05) is 66.8 Å². The van der Waals surface area contributed by atoms with Gasteiger partial charge in [-0.15, -0.1) is 0 Å². The van der Waals surface area contributed by atoms with Crippen molar-refractivity contribution < 1.29 is 25.2 Å². The fraction of sp³-hybridized carbons (Fsp3) is 0.103. The Bertz CT molecular complexity index is 1780. The van der Waals surface area contributed by atoms with Crippen LogP contribution in [-0.2, 0) is 0 Å². The largest absolute Gasteiger partial charge is 0.496 e. The van der Waals surface area contributed by atoms with Crippen LogP contribution in [0.4, 0.5) is 0 Å². The summed E-state index contributed by atoms with van der Waals surface area (Å²) in [5.41, 5.74) is 7.93. The summed E-state index contributed by atoms with van der Waals surface area (Å²) in [6, 6.07) is 18.6. The van der Waals surface area contributed by atoms with Gasteiger partial charge in [0.15, 0.2) is 6.10 Å². The standard InChI is InChI=1S/C29H24N4O5/c1-38-27-9-2-16(10-25(27)28(34)29(35,36)37)24-14-23-13-21-6-5-19(31-21)11-17-3-4-18(30-17)12-20-7-8-22(32-20)15-26(24)33-23/h2-15,28,31,33-37H,1H3. The lowest BCUT2D eigenvalue weighted by Gasteiger charge is -2.23. The summed E-state index contributed by atoms with van der Waals surface area (Å²) in [5.74, 6) is -3.15. The fourth-order valence-corrected chi connectivity index (χ4v) is 4.58. The highest BCUT2D eigenvalue weighted by Crippen LogP contribution is 2.36. The van der Waals surface area contributed by atoms with E-state index in [4.69, 9.17) is 9.72 Å². The molecule has 2 aliphatic heterocycles. The number of benzene rings is 1. The molecule has 0 spiro atoms. The molecule has 9 nitrogen and oxygen atoms in total. The van der Waals surface area contributed by atoms with Gasteiger partial charge in [0.05, 0.1) is 29.9 Å². The topological polar surface area (TPSA) is 148 Å². The number of nitrogens with one attached hydrogen (secondary N) is 2. The maximum Gasteiger partial charge on any atom is 0.307 e. The SMILES string of the molecule is COc1ccc(-c2cc3cc4ccc(cc5nc(cc6nc(cc2[nH]3)C=C6)C=C5)[nH]4)cc1C(O)C(O)(O)O. The number of aromatic amines is 2. The van der Waals surface area contributed by atoms with Crippen LogP contribution in [-0.4, -0.2) is 53.4 Å². The molecule has 4 aromatic rings. The van der Waals surface area contributed by atoms with Gasteiger partial charge in [-0.25, -0.2) is 9.97 Å². The molecule has 0 fully saturated rings. The van der Waals surface area contributed by atoms with Crippen LogP contribution < -0.4 is 4.74 Å². The molecule has 190 valence electrons. The highest BCUT2D eigenvalue weighted by Gasteiger charge is 2.34. The van der Waals surface area contributed by atoms with Gasteiger partial charge < -0.3 is 35.1 Å². The molecule has 38 heavy (non-hydrogen) atoms. The molecule has 6 rings (SSSR count). The molecule has 0 radical (unpaired) electrons. The summed E-state index contributed by atoms with van der Waals surface area (Å²) in [4.78, 5) is 16.1. The first-order valence-corrected chi connectivity index (χ1v) is 11.9. The molecule has 1 atom stereocenters. The van der Waals surface area contributed by atoms with Crippen LogP contribution in [0.3, 0.4) is 0 Å². The molecule has 0 saturated heterocycles. The zero-order valence-electron chi connectivity index (χ0n) is 20.3. The van der Waals surface area contributed by atoms with Crippen molar-refractivity contribution in [3.8, 4) is 16.9 Å². The number of methoxy groups -OCH3 is 1. The van der Waals surface area contributed by atoms with E-state index in [9.17, 15) is 20.4 Å². The average molecular weight is 509 g/mol. The molecule has 0 aliphatic carbocycles. The van der Waals surface area contributed by atoms with Gasteiger partial charge in [-0.2, -0.15) is 0 Å². The number of H-pyrrole nitrogens is 2. The van der Waals surface area contributed by atoms with Gasteiger partial charge in [-0.1, -0.05) is 6.07 Å². The lowest BCUT2D eigenvalue weighted by Crippen LogP contribution is -2.35. The molecule has 5 heterocycles. The Balaban J connectivity index is 1.60. The Morgan fingerprint density at radius 3 is 2.00 bits per heavy atom. The first kappa shape index (κ1) is 23.8. The van der Waals surface area contributed by atoms with Gasteiger partial charge in [-0.05, 0) is 84.5 Å². The van der Waals surface area contributed by atoms with E-state index >= 15 is 0 Å². The molecule has 1 unspecified atom stereocenters. The number of hydrogen-bond acceptors (Lipinski definition) is 7. The lowest BCUT2D eigenvalue weighted by molar-refractivity contribution is -0.357. The average Bonchev–Trinajstić information content (AvgIpc) is 3.68. The number of rotatable bonds is 4. The number of ether oxygens (including phenoxy) is 1. The zero-order chi connectivity index (χ0) is 26.4. The van der Waals surface area contributed by atoms with Gasteiger partial charge in [0, 0.05) is 33.2 Å². The fourth-order valence-electron chi connectivity index (χ4n) is 4.58. The highest BCUT2D eigenvalue weighted by molar-refractivity contribution is 5.88. The molecular weight excluding hydrogens is 484 g/mol. The summed E-state index contributed by atoms with van der Waals surface area (Å²) in [6.07, 6.45) is 5.72. The second-order valence-electron chi connectivity index (χ2n) is 9.13. The number of aromatic nitrogens is 4. The Morgan fingerprint density at radius 2 is 1.34 bits per heavy atom. The van der Waals surface area contributed by atoms with E-state index in [1.54, 1.807) is 18.2 Å². The molecule has 6 N–H and O–H groups in total. The first-order valence-electron chi connectivity index (χ1n) is 11.9. The van der Waals surface area contributed by atoms with Crippen molar-refractivity contribution in [3.05, 3.63) is 89.0 Å². The van der Waals surface area contributed by atoms with Crippen LogP contribution in [0.25, 0.3) is 57.5 Å². The van der Waals surface area contributed by atoms with Crippen molar-refractivity contribution >= 4 is 46.4 Å². The van der Waals surface area contributed by atoms with Crippen molar-refractivity contribution in [1.29, 1.82) is 0 Å². The molecule has 2 aliphatic rings. The normalized spacial score (nSPS) is 13.6. The third-order valence-electron chi connectivity index (χ3n) is 6.37. The van der Waals surface area contributed by atoms with Crippen molar-refractivity contribution in [2.75, 3.05) is 7.11 Å². The second-order valence-corrected chi connectivity index (χ2v) is 9.13. The van der Waals surface area contributed by atoms with Gasteiger partial charge in [0.1, 0.15) is 5.75 Å². The zero-order valence-corrected chi connectivity index (χ0v) is 20.3. The van der Waals surface area contributed by atoms with E-state index in [1.165, 1.54) is 7.11 Å². The lowest BCUT2D eigenvalue weighted by atomic mass is 9.99. The van der Waals surface area contributed by atoms with E-state index in [0.29, 0.717) is 5.56 Å². The first-order chi connectivity index (χ1) is 18.2. The maximum absolute atomic E-state index is 10.4. The molecule has 8 bridgehead atoms. The van der Waals surface area contributed by atoms with Crippen LogP contribution in [0, 0.1) is 0 Å². The van der Waals surface area contributed by atoms with Crippen LogP contribution >= 0.6 is 0 Å². The Kier molecular flexibility index (Phi) is 5.70. The molecule has 0 amide bonds. The van der Waals surface area contributed by atoms with Crippen molar-refractivity contribution in [1.82, 2.24) is 19.9 Å². The summed E-state index contributed by atoms with van der Waals surface area (Å²) in [6.45, 7) is 0. The molecular formula is C29H24N4O5. The summed E-state index contributed by atoms with van der Waals surface area (Å²) < 4.78 is 5.28. The van der Waals surface area contributed by atoms with E-state index < -0.39 is 12.1 Å². The maximum atomic E-state index is 10.4. The van der Waals surface area contributed by atoms with E-state index in [-0.39, 0.29) is 11.3 Å². The Hall–Kier alpha value is -4.54. The number of aliphatic hydroxyl groups is 4. The number of nitrogens with zero attached hydrogens (tertiary/aromatic N) is 2. The monoisotopic (exact) mass is 508 g/mol. The van der Waals surface area contributed by atoms with Crippen LogP contribution in [0.2, 0.25) is 0 Å². The summed E-state index contributed by atoms with van der Waals surface area (Å²) in [5, 5.41) is 39.2. The van der Waals surface area contributed by atoms with Crippen molar-refractivity contribution in [3.63, 3.8) is 0 Å². The van der Waals surface area contributed by atoms with Crippen LogP contribution in [0.5, 0.6) is 5.75 Å². The molecule has 3 aromatic heterocycles. The summed E-state index contributed by atoms with van der Waals surface area (Å²) >= 11 is 0. The van der Waals surface area contributed by atoms with Crippen molar-refractivity contribution in [2.24, 2.45) is 0 Å². The number of aliphatic hydroxyl groups excluding tert-OH is 1. The van der Waals surface area contributed by atoms with E-state index in [2.05, 4.69) is 15.0 Å². The molecule has 0 saturated carbocycles. The Labute approximate surface area is 216 Å². The predicted octanol–water partition coefficient (Wildman–Crippen LogP) is 4.00. The van der Waals surface area contributed by atoms with Gasteiger partial charge in [-0.3, -0.25) is 0 Å². The second kappa shape index (κ2) is 9.09.